The number of carbonyl (C=O) groups is 2. The summed E-state index contributed by atoms with van der Waals surface area (Å²) in [6.07, 6.45) is 0.982. The first-order chi connectivity index (χ1) is 10.6. The van der Waals surface area contributed by atoms with Gasteiger partial charge in [0, 0.05) is 25.6 Å². The van der Waals surface area contributed by atoms with Gasteiger partial charge in [0.05, 0.1) is 23.7 Å². The number of nitrogens with one attached hydrogen (secondary N) is 1. The summed E-state index contributed by atoms with van der Waals surface area (Å²) >= 11 is 5.97. The van der Waals surface area contributed by atoms with Crippen LogP contribution in [0.3, 0.4) is 0 Å². The molecule has 0 bridgehead atoms. The van der Waals surface area contributed by atoms with Crippen LogP contribution in [0.4, 0.5) is 0 Å². The Kier molecular flexibility index (Phi) is 6.21. The summed E-state index contributed by atoms with van der Waals surface area (Å²) in [5, 5.41) is 3.01. The van der Waals surface area contributed by atoms with E-state index in [0.717, 1.165) is 13.0 Å². The molecular weight excluding hydrogens is 304 g/mol. The van der Waals surface area contributed by atoms with E-state index in [0.29, 0.717) is 36.2 Å². The fraction of sp³-hybridized carbons (Fsp3) is 0.500. The van der Waals surface area contributed by atoms with Crippen molar-refractivity contribution in [2.24, 2.45) is 5.92 Å². The van der Waals surface area contributed by atoms with Crippen LogP contribution in [-0.4, -0.2) is 49.6 Å². The van der Waals surface area contributed by atoms with Gasteiger partial charge in [-0.3, -0.25) is 9.59 Å². The lowest BCUT2D eigenvalue weighted by Crippen LogP contribution is -2.42. The number of nitrogens with zero attached hydrogens (tertiary/aromatic N) is 1. The lowest BCUT2D eigenvalue weighted by Gasteiger charge is -2.23. The molecule has 1 aliphatic rings. The third-order valence-electron chi connectivity index (χ3n) is 3.76. The van der Waals surface area contributed by atoms with Crippen molar-refractivity contribution in [3.05, 3.63) is 34.9 Å². The number of likely N-dealkylation sites (N-methyl/N-ethyl adjacent to an activating group) is 1. The first kappa shape index (κ1) is 16.8. The van der Waals surface area contributed by atoms with E-state index in [1.165, 1.54) is 0 Å². The van der Waals surface area contributed by atoms with E-state index >= 15 is 0 Å². The van der Waals surface area contributed by atoms with Crippen molar-refractivity contribution in [2.75, 3.05) is 32.8 Å². The molecular formula is C16H21ClN2O3. The number of amides is 2. The minimum Gasteiger partial charge on any atom is -0.381 e. The monoisotopic (exact) mass is 324 g/mol. The van der Waals surface area contributed by atoms with E-state index in [-0.39, 0.29) is 18.4 Å². The van der Waals surface area contributed by atoms with Gasteiger partial charge in [-0.2, -0.15) is 0 Å². The molecule has 0 saturated carbocycles. The summed E-state index contributed by atoms with van der Waals surface area (Å²) in [7, 11) is 0. The molecule has 1 fully saturated rings. The maximum atomic E-state index is 12.2. The molecule has 0 aliphatic carbocycles. The Morgan fingerprint density at radius 1 is 1.41 bits per heavy atom. The van der Waals surface area contributed by atoms with Crippen molar-refractivity contribution in [1.29, 1.82) is 0 Å². The van der Waals surface area contributed by atoms with Crippen LogP contribution in [-0.2, 0) is 9.53 Å². The maximum Gasteiger partial charge on any atom is 0.253 e. The molecule has 6 heteroatoms. The van der Waals surface area contributed by atoms with E-state index in [2.05, 4.69) is 5.32 Å². The van der Waals surface area contributed by atoms with Crippen LogP contribution >= 0.6 is 11.6 Å². The Bertz CT molecular complexity index is 530. The molecule has 1 aliphatic heterocycles. The number of ether oxygens (including phenoxy) is 1. The van der Waals surface area contributed by atoms with Crippen molar-refractivity contribution >= 4 is 23.4 Å². The lowest BCUT2D eigenvalue weighted by molar-refractivity contribution is -0.130. The summed E-state index contributed by atoms with van der Waals surface area (Å²) in [5.74, 6) is -0.0304. The van der Waals surface area contributed by atoms with Gasteiger partial charge in [-0.15, -0.1) is 0 Å². The number of benzene rings is 1. The zero-order valence-corrected chi connectivity index (χ0v) is 13.4. The number of halogens is 1. The van der Waals surface area contributed by atoms with Gasteiger partial charge in [0.15, 0.2) is 0 Å². The Morgan fingerprint density at radius 2 is 2.18 bits per heavy atom. The molecule has 2 rings (SSSR count). The van der Waals surface area contributed by atoms with Crippen LogP contribution in [0.25, 0.3) is 0 Å². The fourth-order valence-corrected chi connectivity index (χ4v) is 2.68. The van der Waals surface area contributed by atoms with Crippen LogP contribution in [0.5, 0.6) is 0 Å². The average molecular weight is 325 g/mol. The SMILES string of the molecule is CCN(C[C@H]1CCOC1)C(=O)CNC(=O)c1ccccc1Cl. The highest BCUT2D eigenvalue weighted by Crippen LogP contribution is 2.15. The zero-order chi connectivity index (χ0) is 15.9. The molecule has 1 N–H and O–H groups in total. The van der Waals surface area contributed by atoms with Gasteiger partial charge < -0.3 is 15.0 Å². The van der Waals surface area contributed by atoms with Crippen molar-refractivity contribution in [1.82, 2.24) is 10.2 Å². The maximum absolute atomic E-state index is 12.2. The zero-order valence-electron chi connectivity index (χ0n) is 12.7. The quantitative estimate of drug-likeness (QED) is 0.870. The van der Waals surface area contributed by atoms with E-state index in [1.807, 2.05) is 6.92 Å². The number of rotatable bonds is 6. The third-order valence-corrected chi connectivity index (χ3v) is 4.09. The Morgan fingerprint density at radius 3 is 2.82 bits per heavy atom. The van der Waals surface area contributed by atoms with Crippen molar-refractivity contribution in [3.63, 3.8) is 0 Å². The van der Waals surface area contributed by atoms with Gasteiger partial charge in [-0.05, 0) is 25.5 Å². The largest absolute Gasteiger partial charge is 0.381 e. The molecule has 22 heavy (non-hydrogen) atoms. The summed E-state index contributed by atoms with van der Waals surface area (Å²) < 4.78 is 5.33. The smallest absolute Gasteiger partial charge is 0.253 e. The van der Waals surface area contributed by atoms with E-state index < -0.39 is 0 Å². The molecule has 2 amide bonds. The van der Waals surface area contributed by atoms with Gasteiger partial charge in [0.25, 0.3) is 5.91 Å². The van der Waals surface area contributed by atoms with Gasteiger partial charge in [0.2, 0.25) is 5.91 Å². The number of carbonyl (C=O) groups excluding carboxylic acids is 2. The molecule has 120 valence electrons. The summed E-state index contributed by atoms with van der Waals surface area (Å²) in [4.78, 5) is 26.0. The first-order valence-electron chi connectivity index (χ1n) is 7.50. The van der Waals surface area contributed by atoms with Gasteiger partial charge >= 0.3 is 0 Å². The Hall–Kier alpha value is -1.59. The van der Waals surface area contributed by atoms with E-state index in [4.69, 9.17) is 16.3 Å². The molecule has 1 heterocycles. The molecule has 0 aromatic heterocycles. The average Bonchev–Trinajstić information content (AvgIpc) is 3.03. The summed E-state index contributed by atoms with van der Waals surface area (Å²) in [5.41, 5.74) is 0.379. The van der Waals surface area contributed by atoms with E-state index in [9.17, 15) is 9.59 Å². The Balaban J connectivity index is 1.85. The molecule has 0 radical (unpaired) electrons. The Labute approximate surface area is 135 Å². The second-order valence-corrected chi connectivity index (χ2v) is 5.73. The highest BCUT2D eigenvalue weighted by molar-refractivity contribution is 6.33. The molecule has 1 atom stereocenters. The topological polar surface area (TPSA) is 58.6 Å². The minimum atomic E-state index is -0.334. The second-order valence-electron chi connectivity index (χ2n) is 5.32. The van der Waals surface area contributed by atoms with Gasteiger partial charge in [-0.1, -0.05) is 23.7 Å². The standard InChI is InChI=1S/C16H21ClN2O3/c1-2-19(10-12-7-8-22-11-12)15(20)9-18-16(21)13-5-3-4-6-14(13)17/h3-6,12H,2,7-11H2,1H3,(H,18,21)/t12-/m1/s1. The normalized spacial score (nSPS) is 17.3. The highest BCUT2D eigenvalue weighted by atomic mass is 35.5. The van der Waals surface area contributed by atoms with Crippen molar-refractivity contribution in [2.45, 2.75) is 13.3 Å². The van der Waals surface area contributed by atoms with Crippen molar-refractivity contribution in [3.8, 4) is 0 Å². The van der Waals surface area contributed by atoms with Crippen LogP contribution in [0.2, 0.25) is 5.02 Å². The number of hydrogen-bond donors (Lipinski definition) is 1. The van der Waals surface area contributed by atoms with Crippen LogP contribution in [0.15, 0.2) is 24.3 Å². The van der Waals surface area contributed by atoms with Crippen LogP contribution in [0, 0.1) is 5.92 Å². The molecule has 0 unspecified atom stereocenters. The van der Waals surface area contributed by atoms with Crippen molar-refractivity contribution < 1.29 is 14.3 Å². The molecule has 1 saturated heterocycles. The number of hydrogen-bond acceptors (Lipinski definition) is 3. The molecule has 5 nitrogen and oxygen atoms in total. The second kappa shape index (κ2) is 8.15. The lowest BCUT2D eigenvalue weighted by atomic mass is 10.1. The van der Waals surface area contributed by atoms with Gasteiger partial charge in [0.1, 0.15) is 0 Å². The van der Waals surface area contributed by atoms with E-state index in [1.54, 1.807) is 29.2 Å². The van der Waals surface area contributed by atoms with Gasteiger partial charge in [-0.25, -0.2) is 0 Å². The summed E-state index contributed by atoms with van der Waals surface area (Å²) in [6.45, 7) is 4.68. The molecule has 0 spiro atoms. The predicted molar refractivity (Wildman–Crippen MR) is 85.0 cm³/mol. The predicted octanol–water partition coefficient (Wildman–Crippen LogP) is 1.95. The minimum absolute atomic E-state index is 0.0223. The highest BCUT2D eigenvalue weighted by Gasteiger charge is 2.22. The first-order valence-corrected chi connectivity index (χ1v) is 7.87. The summed E-state index contributed by atoms with van der Waals surface area (Å²) in [6, 6.07) is 6.78. The third kappa shape index (κ3) is 4.45. The van der Waals surface area contributed by atoms with Crippen LogP contribution < -0.4 is 5.32 Å². The molecule has 1 aromatic carbocycles. The van der Waals surface area contributed by atoms with Crippen LogP contribution in [0.1, 0.15) is 23.7 Å². The fourth-order valence-electron chi connectivity index (χ4n) is 2.45. The molecule has 1 aromatic rings.